The van der Waals surface area contributed by atoms with E-state index in [9.17, 15) is 4.79 Å². The molecule has 0 spiro atoms. The summed E-state index contributed by atoms with van der Waals surface area (Å²) in [6.45, 7) is 2.16. The van der Waals surface area contributed by atoms with Crippen LogP contribution in [0, 0.1) is 0 Å². The van der Waals surface area contributed by atoms with E-state index in [0.29, 0.717) is 18.1 Å². The molecule has 3 rings (SSSR count). The molecule has 1 aliphatic heterocycles. The van der Waals surface area contributed by atoms with Gasteiger partial charge in [0.15, 0.2) is 0 Å². The van der Waals surface area contributed by atoms with Crippen molar-refractivity contribution in [3.63, 3.8) is 0 Å². The number of anilines is 1. The number of furan rings is 1. The van der Waals surface area contributed by atoms with Crippen LogP contribution in [0.4, 0.5) is 5.82 Å². The molecule has 1 N–H and O–H groups in total. The summed E-state index contributed by atoms with van der Waals surface area (Å²) < 4.78 is 5.25. The molecule has 2 aromatic rings. The van der Waals surface area contributed by atoms with Gasteiger partial charge in [0, 0.05) is 19.2 Å². The molecular formula is C15H18N4O2. The van der Waals surface area contributed by atoms with Gasteiger partial charge >= 0.3 is 0 Å². The van der Waals surface area contributed by atoms with Crippen LogP contribution in [-0.2, 0) is 6.54 Å². The average molecular weight is 286 g/mol. The lowest BCUT2D eigenvalue weighted by atomic mass is 10.1. The predicted octanol–water partition coefficient (Wildman–Crippen LogP) is 2.31. The maximum absolute atomic E-state index is 12.4. The minimum absolute atomic E-state index is 0.0156. The zero-order valence-electron chi connectivity index (χ0n) is 11.8. The normalized spacial score (nSPS) is 15.0. The topological polar surface area (TPSA) is 71.3 Å². The van der Waals surface area contributed by atoms with Gasteiger partial charge in [-0.3, -0.25) is 4.79 Å². The fourth-order valence-electron chi connectivity index (χ4n) is 2.42. The first-order valence-electron chi connectivity index (χ1n) is 7.20. The molecule has 1 amide bonds. The standard InChI is InChI=1S/C15H18N4O2/c20-15(19-6-2-1-3-7-19)13-9-14(18-11-17-13)16-10-12-5-4-8-21-12/h4-5,8-9,11H,1-3,6-7,10H2,(H,16,17,18). The number of nitrogens with zero attached hydrogens (tertiary/aromatic N) is 3. The summed E-state index contributed by atoms with van der Waals surface area (Å²) in [5.41, 5.74) is 0.439. The van der Waals surface area contributed by atoms with E-state index in [-0.39, 0.29) is 5.91 Å². The summed E-state index contributed by atoms with van der Waals surface area (Å²) in [6.07, 6.45) is 6.38. The van der Waals surface area contributed by atoms with Crippen molar-refractivity contribution in [2.24, 2.45) is 0 Å². The molecule has 2 aromatic heterocycles. The molecule has 0 bridgehead atoms. The Kier molecular flexibility index (Phi) is 4.14. The monoisotopic (exact) mass is 286 g/mol. The number of rotatable bonds is 4. The molecule has 0 saturated carbocycles. The van der Waals surface area contributed by atoms with Crippen molar-refractivity contribution >= 4 is 11.7 Å². The van der Waals surface area contributed by atoms with Gasteiger partial charge in [0.25, 0.3) is 5.91 Å². The van der Waals surface area contributed by atoms with Crippen LogP contribution in [0.25, 0.3) is 0 Å². The number of piperidine rings is 1. The number of hydrogen-bond donors (Lipinski definition) is 1. The average Bonchev–Trinajstić information content (AvgIpc) is 3.07. The first kappa shape index (κ1) is 13.6. The molecule has 21 heavy (non-hydrogen) atoms. The molecule has 1 fully saturated rings. The molecule has 110 valence electrons. The third kappa shape index (κ3) is 3.39. The van der Waals surface area contributed by atoms with Crippen molar-refractivity contribution < 1.29 is 9.21 Å². The quantitative estimate of drug-likeness (QED) is 0.933. The maximum atomic E-state index is 12.4. The Labute approximate surface area is 123 Å². The van der Waals surface area contributed by atoms with Crippen molar-refractivity contribution in [1.29, 1.82) is 0 Å². The number of aromatic nitrogens is 2. The molecule has 0 aromatic carbocycles. The second-order valence-electron chi connectivity index (χ2n) is 5.07. The smallest absolute Gasteiger partial charge is 0.272 e. The Morgan fingerprint density at radius 2 is 2.14 bits per heavy atom. The van der Waals surface area contributed by atoms with Crippen molar-refractivity contribution in [2.75, 3.05) is 18.4 Å². The zero-order valence-corrected chi connectivity index (χ0v) is 11.8. The van der Waals surface area contributed by atoms with E-state index in [2.05, 4.69) is 15.3 Å². The van der Waals surface area contributed by atoms with Gasteiger partial charge in [0.05, 0.1) is 12.8 Å². The molecule has 0 unspecified atom stereocenters. The Hall–Kier alpha value is -2.37. The van der Waals surface area contributed by atoms with Crippen LogP contribution < -0.4 is 5.32 Å². The minimum atomic E-state index is -0.0156. The molecule has 6 nitrogen and oxygen atoms in total. The Bertz CT molecular complexity index is 591. The number of hydrogen-bond acceptors (Lipinski definition) is 5. The van der Waals surface area contributed by atoms with E-state index >= 15 is 0 Å². The van der Waals surface area contributed by atoms with E-state index in [1.165, 1.54) is 12.7 Å². The second kappa shape index (κ2) is 6.39. The van der Waals surface area contributed by atoms with Gasteiger partial charge in [-0.15, -0.1) is 0 Å². The summed E-state index contributed by atoms with van der Waals surface area (Å²) in [7, 11) is 0. The lowest BCUT2D eigenvalue weighted by Crippen LogP contribution is -2.36. The molecule has 0 radical (unpaired) electrons. The summed E-state index contributed by atoms with van der Waals surface area (Å²) in [4.78, 5) is 22.5. The van der Waals surface area contributed by atoms with E-state index in [1.807, 2.05) is 17.0 Å². The first-order valence-corrected chi connectivity index (χ1v) is 7.20. The Balaban J connectivity index is 1.66. The SMILES string of the molecule is O=C(c1cc(NCc2ccco2)ncn1)N1CCCCC1. The highest BCUT2D eigenvalue weighted by atomic mass is 16.3. The Morgan fingerprint density at radius 1 is 1.29 bits per heavy atom. The second-order valence-corrected chi connectivity index (χ2v) is 5.07. The van der Waals surface area contributed by atoms with Gasteiger partial charge in [0.2, 0.25) is 0 Å². The van der Waals surface area contributed by atoms with E-state index in [0.717, 1.165) is 31.7 Å². The summed E-state index contributed by atoms with van der Waals surface area (Å²) in [6, 6.07) is 5.41. The van der Waals surface area contributed by atoms with Crippen LogP contribution in [0.3, 0.4) is 0 Å². The highest BCUT2D eigenvalue weighted by Gasteiger charge is 2.19. The number of amides is 1. The zero-order chi connectivity index (χ0) is 14.5. The third-order valence-corrected chi connectivity index (χ3v) is 3.55. The molecule has 3 heterocycles. The van der Waals surface area contributed by atoms with Crippen LogP contribution in [0.5, 0.6) is 0 Å². The van der Waals surface area contributed by atoms with Crippen LogP contribution >= 0.6 is 0 Å². The fraction of sp³-hybridized carbons (Fsp3) is 0.400. The van der Waals surface area contributed by atoms with Crippen molar-refractivity contribution in [3.8, 4) is 0 Å². The summed E-state index contributed by atoms with van der Waals surface area (Å²) in [5, 5.41) is 3.13. The first-order chi connectivity index (χ1) is 10.3. The molecule has 6 heteroatoms. The van der Waals surface area contributed by atoms with Crippen LogP contribution in [0.15, 0.2) is 35.2 Å². The minimum Gasteiger partial charge on any atom is -0.467 e. The van der Waals surface area contributed by atoms with Gasteiger partial charge in [0.1, 0.15) is 23.6 Å². The van der Waals surface area contributed by atoms with E-state index in [1.54, 1.807) is 12.3 Å². The van der Waals surface area contributed by atoms with Gasteiger partial charge < -0.3 is 14.6 Å². The van der Waals surface area contributed by atoms with Crippen LogP contribution in [0.1, 0.15) is 35.5 Å². The Morgan fingerprint density at radius 3 is 2.90 bits per heavy atom. The number of likely N-dealkylation sites (tertiary alicyclic amines) is 1. The predicted molar refractivity (Wildman–Crippen MR) is 77.8 cm³/mol. The number of carbonyl (C=O) groups excluding carboxylic acids is 1. The third-order valence-electron chi connectivity index (χ3n) is 3.55. The van der Waals surface area contributed by atoms with E-state index in [4.69, 9.17) is 4.42 Å². The molecular weight excluding hydrogens is 268 g/mol. The van der Waals surface area contributed by atoms with Crippen LogP contribution in [-0.4, -0.2) is 33.9 Å². The highest BCUT2D eigenvalue weighted by Crippen LogP contribution is 2.14. The van der Waals surface area contributed by atoms with Gasteiger partial charge in [-0.1, -0.05) is 0 Å². The van der Waals surface area contributed by atoms with Crippen LogP contribution in [0.2, 0.25) is 0 Å². The fourth-order valence-corrected chi connectivity index (χ4v) is 2.42. The van der Waals surface area contributed by atoms with Gasteiger partial charge in [-0.2, -0.15) is 0 Å². The molecule has 1 saturated heterocycles. The summed E-state index contributed by atoms with van der Waals surface area (Å²) >= 11 is 0. The number of carbonyl (C=O) groups is 1. The maximum Gasteiger partial charge on any atom is 0.272 e. The molecule has 1 aliphatic rings. The highest BCUT2D eigenvalue weighted by molar-refractivity contribution is 5.92. The largest absolute Gasteiger partial charge is 0.467 e. The van der Waals surface area contributed by atoms with Gasteiger partial charge in [-0.05, 0) is 31.4 Å². The van der Waals surface area contributed by atoms with Gasteiger partial charge in [-0.25, -0.2) is 9.97 Å². The van der Waals surface area contributed by atoms with E-state index < -0.39 is 0 Å². The van der Waals surface area contributed by atoms with Crippen molar-refractivity contribution in [3.05, 3.63) is 42.2 Å². The van der Waals surface area contributed by atoms with Crippen molar-refractivity contribution in [1.82, 2.24) is 14.9 Å². The lowest BCUT2D eigenvalue weighted by molar-refractivity contribution is 0.0718. The molecule has 0 atom stereocenters. The summed E-state index contributed by atoms with van der Waals surface area (Å²) in [5.74, 6) is 1.43. The molecule has 0 aliphatic carbocycles. The lowest BCUT2D eigenvalue weighted by Gasteiger charge is -2.26. The van der Waals surface area contributed by atoms with Crippen molar-refractivity contribution in [2.45, 2.75) is 25.8 Å². The number of nitrogens with one attached hydrogen (secondary N) is 1.